The molecule has 0 amide bonds. The summed E-state index contributed by atoms with van der Waals surface area (Å²) in [7, 11) is 0. The predicted octanol–water partition coefficient (Wildman–Crippen LogP) is 8.30. The van der Waals surface area contributed by atoms with Crippen LogP contribution >= 0.6 is 0 Å². The summed E-state index contributed by atoms with van der Waals surface area (Å²) in [6.45, 7) is 21.5. The average Bonchev–Trinajstić information content (AvgIpc) is 3.07. The third-order valence-electron chi connectivity index (χ3n) is 9.35. The lowest BCUT2D eigenvalue weighted by atomic mass is 9.47. The second-order valence-electron chi connectivity index (χ2n) is 10.8. The van der Waals surface area contributed by atoms with Crippen LogP contribution in [0.1, 0.15) is 85.0 Å². The van der Waals surface area contributed by atoms with Crippen molar-refractivity contribution >= 4 is 0 Å². The molecule has 0 aromatic heterocycles. The summed E-state index contributed by atoms with van der Waals surface area (Å²) in [5.74, 6) is 3.31. The minimum atomic E-state index is 0.376. The Morgan fingerprint density at radius 2 is 1.90 bits per heavy atom. The molecule has 168 valence electrons. The molecule has 3 aliphatic rings. The predicted molar refractivity (Wildman–Crippen MR) is 130 cm³/mol. The van der Waals surface area contributed by atoms with Crippen LogP contribution in [0.3, 0.4) is 0 Å². The van der Waals surface area contributed by atoms with Crippen LogP contribution in [0.15, 0.2) is 49.1 Å². The van der Waals surface area contributed by atoms with Crippen LogP contribution in [0.25, 0.3) is 0 Å². The van der Waals surface area contributed by atoms with Crippen LogP contribution in [0.2, 0.25) is 0 Å². The molecular formula is C29H46O. The smallest absolute Gasteiger partial charge is 0.0503 e. The normalized spacial score (nSPS) is 39.4. The zero-order chi connectivity index (χ0) is 21.8. The number of allylic oxidation sites excluding steroid dienone is 3. The van der Waals surface area contributed by atoms with E-state index >= 15 is 0 Å². The Labute approximate surface area is 186 Å². The van der Waals surface area contributed by atoms with Gasteiger partial charge in [-0.3, -0.25) is 0 Å². The van der Waals surface area contributed by atoms with Gasteiger partial charge in [0, 0.05) is 0 Å². The average molecular weight is 411 g/mol. The fourth-order valence-electron chi connectivity index (χ4n) is 7.93. The molecule has 0 spiro atoms. The van der Waals surface area contributed by atoms with Crippen LogP contribution in [0, 0.1) is 34.5 Å². The molecule has 0 radical (unpaired) electrons. The molecule has 0 aliphatic heterocycles. The number of hydrogen-bond donors (Lipinski definition) is 0. The summed E-state index contributed by atoms with van der Waals surface area (Å²) >= 11 is 0. The van der Waals surface area contributed by atoms with Crippen LogP contribution < -0.4 is 0 Å². The lowest BCUT2D eigenvalue weighted by Gasteiger charge is -2.57. The maximum absolute atomic E-state index is 5.80. The van der Waals surface area contributed by atoms with E-state index in [1.807, 2.05) is 12.2 Å². The van der Waals surface area contributed by atoms with Crippen molar-refractivity contribution in [2.24, 2.45) is 34.5 Å². The Balaban J connectivity index is 1.72. The van der Waals surface area contributed by atoms with Crippen molar-refractivity contribution in [1.82, 2.24) is 0 Å². The van der Waals surface area contributed by atoms with Crippen LogP contribution in [0.5, 0.6) is 0 Å². The maximum Gasteiger partial charge on any atom is 0.0503 e. The Kier molecular flexibility index (Phi) is 7.88. The summed E-state index contributed by atoms with van der Waals surface area (Å²) in [4.78, 5) is 0. The van der Waals surface area contributed by atoms with Crippen molar-refractivity contribution in [2.45, 2.75) is 85.0 Å². The minimum absolute atomic E-state index is 0.376. The van der Waals surface area contributed by atoms with Crippen molar-refractivity contribution in [2.75, 3.05) is 13.2 Å². The van der Waals surface area contributed by atoms with E-state index in [0.717, 1.165) is 43.8 Å². The van der Waals surface area contributed by atoms with E-state index < -0.39 is 0 Å². The van der Waals surface area contributed by atoms with Gasteiger partial charge in [-0.1, -0.05) is 69.7 Å². The zero-order valence-electron chi connectivity index (χ0n) is 20.1. The van der Waals surface area contributed by atoms with Crippen LogP contribution in [-0.2, 0) is 4.74 Å². The molecular weight excluding hydrogens is 364 g/mol. The molecule has 0 N–H and O–H groups in total. The van der Waals surface area contributed by atoms with E-state index in [0.29, 0.717) is 16.7 Å². The number of fused-ring (bicyclic) bond motifs is 3. The van der Waals surface area contributed by atoms with E-state index in [9.17, 15) is 0 Å². The lowest BCUT2D eigenvalue weighted by molar-refractivity contribution is -0.0448. The van der Waals surface area contributed by atoms with Gasteiger partial charge in [0.05, 0.1) is 13.2 Å². The molecule has 3 fully saturated rings. The number of ether oxygens (including phenoxy) is 1. The van der Waals surface area contributed by atoms with Gasteiger partial charge in [0.15, 0.2) is 0 Å². The topological polar surface area (TPSA) is 9.23 Å². The molecule has 0 saturated heterocycles. The SMILES string of the molecule is C=C/C=C1/CCC2C(CCC3(C)C(C(=C)CCOCCC=C)CCC23)C1(C)CCC. The third kappa shape index (κ3) is 4.29. The first-order valence-electron chi connectivity index (χ1n) is 12.6. The molecule has 0 aromatic carbocycles. The maximum atomic E-state index is 5.80. The Morgan fingerprint density at radius 1 is 1.10 bits per heavy atom. The van der Waals surface area contributed by atoms with Gasteiger partial charge in [0.2, 0.25) is 0 Å². The monoisotopic (exact) mass is 410 g/mol. The van der Waals surface area contributed by atoms with Crippen molar-refractivity contribution < 1.29 is 4.74 Å². The first-order valence-corrected chi connectivity index (χ1v) is 12.6. The van der Waals surface area contributed by atoms with Crippen molar-refractivity contribution in [3.8, 4) is 0 Å². The summed E-state index contributed by atoms with van der Waals surface area (Å²) < 4.78 is 5.80. The highest BCUT2D eigenvalue weighted by Crippen LogP contribution is 2.67. The first-order chi connectivity index (χ1) is 14.4. The minimum Gasteiger partial charge on any atom is -0.381 e. The molecule has 0 aromatic rings. The number of rotatable bonds is 10. The van der Waals surface area contributed by atoms with Gasteiger partial charge >= 0.3 is 0 Å². The van der Waals surface area contributed by atoms with E-state index in [-0.39, 0.29) is 0 Å². The third-order valence-corrected chi connectivity index (χ3v) is 9.35. The van der Waals surface area contributed by atoms with Gasteiger partial charge in [-0.05, 0) is 92.3 Å². The van der Waals surface area contributed by atoms with Crippen molar-refractivity contribution in [1.29, 1.82) is 0 Å². The Hall–Kier alpha value is -1.08. The Morgan fingerprint density at radius 3 is 2.60 bits per heavy atom. The van der Waals surface area contributed by atoms with E-state index in [1.54, 1.807) is 5.57 Å². The second kappa shape index (κ2) is 10.0. The molecule has 3 rings (SSSR count). The summed E-state index contributed by atoms with van der Waals surface area (Å²) in [6.07, 6.45) is 19.1. The quantitative estimate of drug-likeness (QED) is 0.260. The van der Waals surface area contributed by atoms with Crippen molar-refractivity contribution in [3.05, 3.63) is 49.1 Å². The highest BCUT2D eigenvalue weighted by Gasteiger charge is 2.58. The van der Waals surface area contributed by atoms with E-state index in [1.165, 1.54) is 56.9 Å². The molecule has 1 nitrogen and oxygen atoms in total. The summed E-state index contributed by atoms with van der Waals surface area (Å²) in [6, 6.07) is 0. The summed E-state index contributed by atoms with van der Waals surface area (Å²) in [5.41, 5.74) is 3.96. The van der Waals surface area contributed by atoms with Gasteiger partial charge in [-0.25, -0.2) is 0 Å². The van der Waals surface area contributed by atoms with Gasteiger partial charge in [-0.15, -0.1) is 6.58 Å². The highest BCUT2D eigenvalue weighted by molar-refractivity contribution is 5.26. The molecule has 3 saturated carbocycles. The van der Waals surface area contributed by atoms with Gasteiger partial charge in [-0.2, -0.15) is 0 Å². The molecule has 6 unspecified atom stereocenters. The molecule has 0 bridgehead atoms. The fourth-order valence-corrected chi connectivity index (χ4v) is 7.93. The summed E-state index contributed by atoms with van der Waals surface area (Å²) in [5, 5.41) is 0. The van der Waals surface area contributed by atoms with E-state index in [4.69, 9.17) is 4.74 Å². The lowest BCUT2D eigenvalue weighted by Crippen LogP contribution is -2.49. The van der Waals surface area contributed by atoms with E-state index in [2.05, 4.69) is 46.6 Å². The molecule has 30 heavy (non-hydrogen) atoms. The molecule has 3 aliphatic carbocycles. The van der Waals surface area contributed by atoms with Gasteiger partial charge in [0.1, 0.15) is 0 Å². The standard InChI is InChI=1S/C29H46O/c1-7-10-20-30-21-17-22(4)25-14-15-26-24-13-12-23(11-8-2)28(5,18-9-3)27(24)16-19-29(25,26)6/h7-8,11,24-27H,1-2,4,9-10,12-21H2,3,5-6H3/b23-11-. The molecule has 6 atom stereocenters. The fraction of sp³-hybridized carbons (Fsp3) is 0.724. The highest BCUT2D eigenvalue weighted by atomic mass is 16.5. The first kappa shape index (κ1) is 23.6. The second-order valence-corrected chi connectivity index (χ2v) is 10.8. The van der Waals surface area contributed by atoms with Crippen LogP contribution in [-0.4, -0.2) is 13.2 Å². The van der Waals surface area contributed by atoms with Gasteiger partial charge in [0.25, 0.3) is 0 Å². The molecule has 0 heterocycles. The van der Waals surface area contributed by atoms with Crippen LogP contribution in [0.4, 0.5) is 0 Å². The van der Waals surface area contributed by atoms with Crippen molar-refractivity contribution in [3.63, 3.8) is 0 Å². The zero-order valence-corrected chi connectivity index (χ0v) is 20.1. The number of hydrogen-bond acceptors (Lipinski definition) is 1. The molecule has 1 heteroatoms. The largest absolute Gasteiger partial charge is 0.381 e. The van der Waals surface area contributed by atoms with Gasteiger partial charge < -0.3 is 4.74 Å². The Bertz CT molecular complexity index is 657.